The lowest BCUT2D eigenvalue weighted by Gasteiger charge is -1.89. The topological polar surface area (TPSA) is 37.3 Å². The summed E-state index contributed by atoms with van der Waals surface area (Å²) in [5.74, 6) is -0.728. The van der Waals surface area contributed by atoms with Crippen molar-refractivity contribution in [1.82, 2.24) is 0 Å². The number of aryl methyl sites for hydroxylation is 1. The van der Waals surface area contributed by atoms with Crippen molar-refractivity contribution in [3.05, 3.63) is 22.4 Å². The van der Waals surface area contributed by atoms with Crippen LogP contribution in [0.4, 0.5) is 0 Å². The molecule has 0 unspecified atom stereocenters. The molecule has 0 fully saturated rings. The van der Waals surface area contributed by atoms with Crippen LogP contribution in [0.5, 0.6) is 0 Å². The second kappa shape index (κ2) is 3.37. The highest BCUT2D eigenvalue weighted by Crippen LogP contribution is 2.10. The number of aliphatic carboxylic acids is 1. The molecule has 1 heterocycles. The number of hydrogen-bond acceptors (Lipinski definition) is 2. The van der Waals surface area contributed by atoms with Gasteiger partial charge in [0.05, 0.1) is 6.42 Å². The first-order valence-electron chi connectivity index (χ1n) is 3.03. The van der Waals surface area contributed by atoms with E-state index >= 15 is 0 Å². The number of hydrogen-bond donors (Lipinski definition) is 1. The summed E-state index contributed by atoms with van der Waals surface area (Å²) in [6.07, 6.45) is 0.896. The maximum Gasteiger partial charge on any atom is 0.303 e. The van der Waals surface area contributed by atoms with Crippen molar-refractivity contribution in [3.63, 3.8) is 0 Å². The fourth-order valence-electron chi connectivity index (χ4n) is 0.685. The van der Waals surface area contributed by atoms with Crippen molar-refractivity contribution < 1.29 is 9.90 Å². The normalized spacial score (nSPS) is 9.60. The lowest BCUT2D eigenvalue weighted by atomic mass is 10.3. The Morgan fingerprint density at radius 3 is 3.00 bits per heavy atom. The maximum atomic E-state index is 10.1. The first-order valence-corrected chi connectivity index (χ1v) is 3.91. The third kappa shape index (κ3) is 2.19. The lowest BCUT2D eigenvalue weighted by Crippen LogP contribution is -1.95. The molecule has 3 heteroatoms. The van der Waals surface area contributed by atoms with Crippen LogP contribution in [0.15, 0.2) is 17.5 Å². The van der Waals surface area contributed by atoms with Crippen LogP contribution < -0.4 is 0 Å². The summed E-state index contributed by atoms with van der Waals surface area (Å²) in [6.45, 7) is 0. The molecule has 0 aliphatic carbocycles. The highest BCUT2D eigenvalue weighted by atomic mass is 32.1. The van der Waals surface area contributed by atoms with E-state index in [-0.39, 0.29) is 6.42 Å². The van der Waals surface area contributed by atoms with Gasteiger partial charge in [0.25, 0.3) is 0 Å². The van der Waals surface area contributed by atoms with Crippen molar-refractivity contribution in [2.75, 3.05) is 0 Å². The van der Waals surface area contributed by atoms with E-state index in [0.717, 1.165) is 4.88 Å². The number of carboxylic acid groups (broad SMARTS) is 1. The molecule has 0 bridgehead atoms. The second-order valence-corrected chi connectivity index (χ2v) is 3.01. The predicted molar refractivity (Wildman–Crippen MR) is 40.3 cm³/mol. The Balaban J connectivity index is 2.35. The van der Waals surface area contributed by atoms with Gasteiger partial charge in [-0.2, -0.15) is 0 Å². The Kier molecular flexibility index (Phi) is 2.45. The summed E-state index contributed by atoms with van der Waals surface area (Å²) >= 11 is 1.60. The highest BCUT2D eigenvalue weighted by Gasteiger charge is 1.98. The molecule has 0 atom stereocenters. The average molecular weight is 156 g/mol. The van der Waals surface area contributed by atoms with Crippen molar-refractivity contribution in [2.24, 2.45) is 0 Å². The van der Waals surface area contributed by atoms with E-state index in [1.165, 1.54) is 0 Å². The number of thiophene rings is 1. The fourth-order valence-corrected chi connectivity index (χ4v) is 1.39. The first-order chi connectivity index (χ1) is 4.79. The number of carboxylic acids is 1. The molecular weight excluding hydrogens is 148 g/mol. The second-order valence-electron chi connectivity index (χ2n) is 1.97. The van der Waals surface area contributed by atoms with Gasteiger partial charge in [-0.3, -0.25) is 4.79 Å². The van der Waals surface area contributed by atoms with E-state index in [2.05, 4.69) is 0 Å². The van der Waals surface area contributed by atoms with Gasteiger partial charge in [-0.1, -0.05) is 6.07 Å². The molecule has 0 aliphatic heterocycles. The summed E-state index contributed by atoms with van der Waals surface area (Å²) in [7, 11) is 0. The molecule has 1 N–H and O–H groups in total. The zero-order chi connectivity index (χ0) is 7.40. The van der Waals surface area contributed by atoms with E-state index in [4.69, 9.17) is 5.11 Å². The molecule has 2 nitrogen and oxygen atoms in total. The fraction of sp³-hybridized carbons (Fsp3) is 0.286. The van der Waals surface area contributed by atoms with Gasteiger partial charge in [-0.25, -0.2) is 0 Å². The van der Waals surface area contributed by atoms with Crippen molar-refractivity contribution in [1.29, 1.82) is 0 Å². The molecular formula is C7H8O2S. The van der Waals surface area contributed by atoms with Crippen LogP contribution in [0.2, 0.25) is 0 Å². The summed E-state index contributed by atoms with van der Waals surface area (Å²) in [5.41, 5.74) is 0. The minimum atomic E-state index is -0.728. The van der Waals surface area contributed by atoms with Gasteiger partial charge < -0.3 is 5.11 Å². The smallest absolute Gasteiger partial charge is 0.303 e. The quantitative estimate of drug-likeness (QED) is 0.724. The Morgan fingerprint density at radius 1 is 1.70 bits per heavy atom. The summed E-state index contributed by atoms with van der Waals surface area (Å²) in [4.78, 5) is 11.2. The van der Waals surface area contributed by atoms with Crippen LogP contribution in [-0.4, -0.2) is 11.1 Å². The van der Waals surface area contributed by atoms with E-state index in [1.54, 1.807) is 11.3 Å². The molecule has 10 heavy (non-hydrogen) atoms. The van der Waals surface area contributed by atoms with Crippen LogP contribution in [0.25, 0.3) is 0 Å². The molecule has 0 amide bonds. The number of carbonyl (C=O) groups is 1. The molecule has 1 aromatic rings. The molecule has 54 valence electrons. The Labute approximate surface area is 63.1 Å². The van der Waals surface area contributed by atoms with Gasteiger partial charge in [0.2, 0.25) is 0 Å². The van der Waals surface area contributed by atoms with E-state index < -0.39 is 5.97 Å². The molecule has 0 radical (unpaired) electrons. The maximum absolute atomic E-state index is 10.1. The van der Waals surface area contributed by atoms with E-state index in [9.17, 15) is 4.79 Å². The molecule has 1 rings (SSSR count). The highest BCUT2D eigenvalue weighted by molar-refractivity contribution is 7.09. The zero-order valence-corrected chi connectivity index (χ0v) is 6.23. The summed E-state index contributed by atoms with van der Waals surface area (Å²) < 4.78 is 0. The molecule has 0 spiro atoms. The largest absolute Gasteiger partial charge is 0.481 e. The van der Waals surface area contributed by atoms with Gasteiger partial charge in [0.15, 0.2) is 0 Å². The van der Waals surface area contributed by atoms with Crippen molar-refractivity contribution in [2.45, 2.75) is 12.8 Å². The van der Waals surface area contributed by atoms with Gasteiger partial charge in [0.1, 0.15) is 0 Å². The Bertz CT molecular complexity index is 203. The van der Waals surface area contributed by atoms with Crippen molar-refractivity contribution in [3.8, 4) is 0 Å². The van der Waals surface area contributed by atoms with Crippen LogP contribution in [0.3, 0.4) is 0 Å². The van der Waals surface area contributed by atoms with Crippen LogP contribution in [-0.2, 0) is 11.2 Å². The molecule has 0 saturated heterocycles. The minimum Gasteiger partial charge on any atom is -0.481 e. The first kappa shape index (κ1) is 7.28. The van der Waals surface area contributed by atoms with Crippen LogP contribution in [0.1, 0.15) is 11.3 Å². The van der Waals surface area contributed by atoms with Gasteiger partial charge in [-0.15, -0.1) is 11.3 Å². The van der Waals surface area contributed by atoms with Crippen LogP contribution >= 0.6 is 11.3 Å². The molecule has 0 saturated carbocycles. The lowest BCUT2D eigenvalue weighted by molar-refractivity contribution is -0.136. The summed E-state index contributed by atoms with van der Waals surface area (Å²) in [6, 6.07) is 3.88. The monoisotopic (exact) mass is 156 g/mol. The molecule has 0 aliphatic rings. The molecule has 0 aromatic carbocycles. The molecule has 1 aromatic heterocycles. The van der Waals surface area contributed by atoms with Gasteiger partial charge in [0, 0.05) is 4.88 Å². The van der Waals surface area contributed by atoms with Gasteiger partial charge >= 0.3 is 5.97 Å². The van der Waals surface area contributed by atoms with Gasteiger partial charge in [-0.05, 0) is 17.9 Å². The standard InChI is InChI=1S/C7H8O2S/c8-7(9)4-3-6-2-1-5-10-6/h1-2,5H,3-4H2,(H,8,9). The zero-order valence-electron chi connectivity index (χ0n) is 5.41. The third-order valence-corrected chi connectivity index (χ3v) is 2.10. The van der Waals surface area contributed by atoms with E-state index in [1.807, 2.05) is 17.5 Å². The SMILES string of the molecule is O=C(O)CCc1cccs1. The van der Waals surface area contributed by atoms with Crippen molar-refractivity contribution >= 4 is 17.3 Å². The summed E-state index contributed by atoms with van der Waals surface area (Å²) in [5, 5.41) is 10.3. The Hall–Kier alpha value is -0.830. The average Bonchev–Trinajstić information content (AvgIpc) is 2.34. The Morgan fingerprint density at radius 2 is 2.50 bits per heavy atom. The van der Waals surface area contributed by atoms with Crippen LogP contribution in [0, 0.1) is 0 Å². The minimum absolute atomic E-state index is 0.237. The third-order valence-electron chi connectivity index (χ3n) is 1.17. The predicted octanol–water partition coefficient (Wildman–Crippen LogP) is 1.77. The van der Waals surface area contributed by atoms with E-state index in [0.29, 0.717) is 6.42 Å². The number of rotatable bonds is 3.